The number of carbonyl (C=O) groups is 2. The summed E-state index contributed by atoms with van der Waals surface area (Å²) in [5.74, 6) is -0.943. The molecule has 1 aromatic heterocycles. The Balaban J connectivity index is 3.20. The number of nitrogens with one attached hydrogen (secondary N) is 1. The maximum atomic E-state index is 11.3. The van der Waals surface area contributed by atoms with Crippen LogP contribution in [0.1, 0.15) is 17.3 Å². The summed E-state index contributed by atoms with van der Waals surface area (Å²) in [6, 6.07) is 0. The second kappa shape index (κ2) is 4.83. The van der Waals surface area contributed by atoms with Crippen LogP contribution in [0.15, 0.2) is 0 Å². The van der Waals surface area contributed by atoms with Crippen molar-refractivity contribution in [2.45, 2.75) is 6.92 Å². The number of rotatable bonds is 2. The highest BCUT2D eigenvalue weighted by Crippen LogP contribution is 2.40. The predicted octanol–water partition coefficient (Wildman–Crippen LogP) is 2.80. The van der Waals surface area contributed by atoms with E-state index >= 15 is 0 Å². The zero-order valence-corrected chi connectivity index (χ0v) is 10.2. The number of hydrogen-bond acceptors (Lipinski definition) is 4. The van der Waals surface area contributed by atoms with Crippen molar-refractivity contribution in [3.63, 3.8) is 0 Å². The number of ether oxygens (including phenoxy) is 1. The normalized spacial score (nSPS) is 9.87. The Morgan fingerprint density at radius 2 is 2.00 bits per heavy atom. The minimum Gasteiger partial charge on any atom is -0.465 e. The molecule has 0 spiro atoms. The Hall–Kier alpha value is -0.780. The van der Waals surface area contributed by atoms with Crippen LogP contribution in [-0.2, 0) is 9.53 Å². The Labute approximate surface area is 100 Å². The summed E-state index contributed by atoms with van der Waals surface area (Å²) in [6.45, 7) is 1.32. The quantitative estimate of drug-likeness (QED) is 0.839. The van der Waals surface area contributed by atoms with Crippen molar-refractivity contribution in [1.29, 1.82) is 0 Å². The van der Waals surface area contributed by atoms with Crippen LogP contribution in [0, 0.1) is 0 Å². The summed E-state index contributed by atoms with van der Waals surface area (Å²) in [5.41, 5.74) is 0.0874. The van der Waals surface area contributed by atoms with Crippen LogP contribution in [0.4, 0.5) is 5.00 Å². The molecule has 1 rings (SSSR count). The van der Waals surface area contributed by atoms with Crippen LogP contribution in [0.25, 0.3) is 0 Å². The molecule has 15 heavy (non-hydrogen) atoms. The van der Waals surface area contributed by atoms with Gasteiger partial charge < -0.3 is 10.1 Å². The molecule has 1 heterocycles. The van der Waals surface area contributed by atoms with Crippen LogP contribution in [-0.4, -0.2) is 19.0 Å². The van der Waals surface area contributed by atoms with Crippen LogP contribution in [0.5, 0.6) is 0 Å². The number of anilines is 1. The van der Waals surface area contributed by atoms with Gasteiger partial charge in [-0.05, 0) is 0 Å². The Kier molecular flexibility index (Phi) is 3.96. The zero-order valence-electron chi connectivity index (χ0n) is 7.89. The molecule has 0 aliphatic rings. The maximum absolute atomic E-state index is 11.3. The van der Waals surface area contributed by atoms with E-state index < -0.39 is 5.97 Å². The molecular formula is C8H7Cl2NO3S. The molecule has 0 saturated heterocycles. The molecule has 0 aliphatic carbocycles. The molecule has 0 radical (unpaired) electrons. The largest absolute Gasteiger partial charge is 0.465 e. The fraction of sp³-hybridized carbons (Fsp3) is 0.250. The molecule has 0 fully saturated rings. The smallest absolute Gasteiger partial charge is 0.342 e. The first kappa shape index (κ1) is 12.3. The molecule has 0 atom stereocenters. The van der Waals surface area contributed by atoms with Gasteiger partial charge in [0.15, 0.2) is 0 Å². The van der Waals surface area contributed by atoms with Gasteiger partial charge in [0.1, 0.15) is 14.9 Å². The zero-order chi connectivity index (χ0) is 11.6. The first-order valence-corrected chi connectivity index (χ1v) is 5.38. The van der Waals surface area contributed by atoms with E-state index in [2.05, 4.69) is 10.1 Å². The summed E-state index contributed by atoms with van der Waals surface area (Å²) >= 11 is 12.6. The third-order valence-corrected chi connectivity index (χ3v) is 3.39. The Morgan fingerprint density at radius 1 is 1.40 bits per heavy atom. The topological polar surface area (TPSA) is 55.4 Å². The highest BCUT2D eigenvalue weighted by Gasteiger charge is 2.23. The van der Waals surface area contributed by atoms with Crippen molar-refractivity contribution >= 4 is 51.4 Å². The lowest BCUT2D eigenvalue weighted by atomic mass is 10.3. The summed E-state index contributed by atoms with van der Waals surface area (Å²) in [6.07, 6.45) is 0. The standard InChI is InChI=1S/C8H7Cl2NO3S/c1-3(12)11-7-4(8(13)14-2)5(9)6(10)15-7/h1-2H3,(H,11,12). The van der Waals surface area contributed by atoms with E-state index in [9.17, 15) is 9.59 Å². The van der Waals surface area contributed by atoms with Crippen molar-refractivity contribution in [3.8, 4) is 0 Å². The van der Waals surface area contributed by atoms with E-state index in [1.807, 2.05) is 0 Å². The molecule has 1 amide bonds. The summed E-state index contributed by atoms with van der Waals surface area (Å²) < 4.78 is 4.76. The number of methoxy groups -OCH3 is 1. The molecule has 0 saturated carbocycles. The monoisotopic (exact) mass is 267 g/mol. The van der Waals surface area contributed by atoms with Crippen LogP contribution < -0.4 is 5.32 Å². The average molecular weight is 268 g/mol. The van der Waals surface area contributed by atoms with Gasteiger partial charge in [0.2, 0.25) is 5.91 Å². The highest BCUT2D eigenvalue weighted by molar-refractivity contribution is 7.21. The molecule has 1 aromatic rings. The van der Waals surface area contributed by atoms with Crippen LogP contribution in [0.3, 0.4) is 0 Å². The Morgan fingerprint density at radius 3 is 2.47 bits per heavy atom. The fourth-order valence-corrected chi connectivity index (χ4v) is 2.44. The molecule has 0 aromatic carbocycles. The van der Waals surface area contributed by atoms with Gasteiger partial charge >= 0.3 is 5.97 Å². The number of carbonyl (C=O) groups excluding carboxylic acids is 2. The first-order valence-electron chi connectivity index (χ1n) is 3.81. The van der Waals surface area contributed by atoms with Crippen molar-refractivity contribution in [1.82, 2.24) is 0 Å². The Bertz CT molecular complexity index is 416. The van der Waals surface area contributed by atoms with Gasteiger partial charge in [-0.2, -0.15) is 0 Å². The van der Waals surface area contributed by atoms with Crippen molar-refractivity contribution < 1.29 is 14.3 Å². The van der Waals surface area contributed by atoms with Gasteiger partial charge in [-0.25, -0.2) is 4.79 Å². The molecule has 0 aliphatic heterocycles. The van der Waals surface area contributed by atoms with E-state index in [1.165, 1.54) is 14.0 Å². The fourth-order valence-electron chi connectivity index (χ4n) is 0.916. The lowest BCUT2D eigenvalue weighted by Gasteiger charge is -2.02. The van der Waals surface area contributed by atoms with Crippen LogP contribution in [0.2, 0.25) is 9.36 Å². The van der Waals surface area contributed by atoms with Gasteiger partial charge in [0.25, 0.3) is 0 Å². The van der Waals surface area contributed by atoms with Crippen molar-refractivity contribution in [3.05, 3.63) is 14.9 Å². The minimum absolute atomic E-state index is 0.0874. The number of hydrogen-bond donors (Lipinski definition) is 1. The lowest BCUT2D eigenvalue weighted by Crippen LogP contribution is -2.09. The van der Waals surface area contributed by atoms with Gasteiger partial charge in [-0.3, -0.25) is 4.79 Å². The maximum Gasteiger partial charge on any atom is 0.342 e. The van der Waals surface area contributed by atoms with E-state index in [4.69, 9.17) is 23.2 Å². The third kappa shape index (κ3) is 2.62. The second-order valence-electron chi connectivity index (χ2n) is 2.57. The number of esters is 1. The average Bonchev–Trinajstić information content (AvgIpc) is 2.41. The molecule has 4 nitrogen and oxygen atoms in total. The van der Waals surface area contributed by atoms with Gasteiger partial charge in [-0.1, -0.05) is 23.2 Å². The van der Waals surface area contributed by atoms with Crippen molar-refractivity contribution in [2.24, 2.45) is 0 Å². The summed E-state index contributed by atoms with van der Waals surface area (Å²) in [4.78, 5) is 22.2. The second-order valence-corrected chi connectivity index (χ2v) is 4.57. The summed E-state index contributed by atoms with van der Waals surface area (Å²) in [5, 5.41) is 2.85. The molecule has 82 valence electrons. The molecule has 0 bridgehead atoms. The van der Waals surface area contributed by atoms with Gasteiger partial charge in [0.05, 0.1) is 12.1 Å². The van der Waals surface area contributed by atoms with Gasteiger partial charge in [-0.15, -0.1) is 11.3 Å². The highest BCUT2D eigenvalue weighted by atomic mass is 35.5. The molecule has 1 N–H and O–H groups in total. The van der Waals surface area contributed by atoms with E-state index in [-0.39, 0.29) is 20.8 Å². The van der Waals surface area contributed by atoms with E-state index in [1.54, 1.807) is 0 Å². The van der Waals surface area contributed by atoms with E-state index in [0.717, 1.165) is 11.3 Å². The minimum atomic E-state index is -0.633. The third-order valence-electron chi connectivity index (χ3n) is 1.49. The van der Waals surface area contributed by atoms with Gasteiger partial charge in [0, 0.05) is 6.92 Å². The number of thiophene rings is 1. The SMILES string of the molecule is COC(=O)c1c(NC(C)=O)sc(Cl)c1Cl. The first-order chi connectivity index (χ1) is 6.97. The number of halogens is 2. The van der Waals surface area contributed by atoms with Crippen LogP contribution >= 0.6 is 34.5 Å². The number of amides is 1. The van der Waals surface area contributed by atoms with E-state index in [0.29, 0.717) is 5.00 Å². The lowest BCUT2D eigenvalue weighted by molar-refractivity contribution is -0.114. The molecule has 0 unspecified atom stereocenters. The summed E-state index contributed by atoms with van der Waals surface area (Å²) in [7, 11) is 1.22. The molecule has 7 heteroatoms. The molecular weight excluding hydrogens is 261 g/mol. The predicted molar refractivity (Wildman–Crippen MR) is 60.0 cm³/mol. The van der Waals surface area contributed by atoms with Crippen molar-refractivity contribution in [2.75, 3.05) is 12.4 Å².